The number of H-pyrrole nitrogens is 1. The number of aliphatic carboxylic acids is 1. The number of nitrogens with zero attached hydrogens (tertiary/aromatic N) is 3. The van der Waals surface area contributed by atoms with Crippen LogP contribution >= 0.6 is 11.8 Å². The number of thioether (sulfide) groups is 1. The van der Waals surface area contributed by atoms with Crippen LogP contribution in [0.4, 0.5) is 5.69 Å². The van der Waals surface area contributed by atoms with Crippen LogP contribution in [0.3, 0.4) is 0 Å². The van der Waals surface area contributed by atoms with Gasteiger partial charge in [0.15, 0.2) is 5.82 Å². The highest BCUT2D eigenvalue weighted by Crippen LogP contribution is 2.35. The number of aromatic hydroxyl groups is 1. The molecule has 0 saturated heterocycles. The average Bonchev–Trinajstić information content (AvgIpc) is 2.96. The SMILES string of the molecule is CC.O=C(O)CSc1n[nH]c(-c2cccc([N+](=O)[O-])c2O)n1. The van der Waals surface area contributed by atoms with Crippen molar-refractivity contribution in [2.75, 3.05) is 5.75 Å². The molecule has 0 radical (unpaired) electrons. The lowest BCUT2D eigenvalue weighted by Gasteiger charge is -2.00. The molecule has 0 amide bonds. The zero-order valence-corrected chi connectivity index (χ0v) is 12.6. The Morgan fingerprint density at radius 3 is 2.73 bits per heavy atom. The number of hydrogen-bond acceptors (Lipinski definition) is 7. The van der Waals surface area contributed by atoms with E-state index in [1.807, 2.05) is 13.8 Å². The van der Waals surface area contributed by atoms with Crippen molar-refractivity contribution in [3.05, 3.63) is 28.3 Å². The summed E-state index contributed by atoms with van der Waals surface area (Å²) in [6.45, 7) is 4.00. The van der Waals surface area contributed by atoms with Gasteiger partial charge in [0.2, 0.25) is 10.9 Å². The van der Waals surface area contributed by atoms with Gasteiger partial charge in [-0.3, -0.25) is 20.0 Å². The molecule has 1 aromatic carbocycles. The summed E-state index contributed by atoms with van der Waals surface area (Å²) >= 11 is 0.892. The Morgan fingerprint density at radius 1 is 1.45 bits per heavy atom. The van der Waals surface area contributed by atoms with E-state index < -0.39 is 22.3 Å². The second-order valence-electron chi connectivity index (χ2n) is 3.58. The minimum atomic E-state index is -1.01. The average molecular weight is 326 g/mol. The smallest absolute Gasteiger partial charge is 0.313 e. The molecule has 3 N–H and O–H groups in total. The molecule has 0 fully saturated rings. The Labute approximate surface area is 129 Å². The van der Waals surface area contributed by atoms with Crippen molar-refractivity contribution in [2.24, 2.45) is 0 Å². The normalized spacial score (nSPS) is 9.73. The number of phenolic OH excluding ortho intramolecular Hbond substituents is 1. The lowest BCUT2D eigenvalue weighted by Crippen LogP contribution is -1.97. The van der Waals surface area contributed by atoms with Crippen LogP contribution in [0.1, 0.15) is 13.8 Å². The molecule has 9 nitrogen and oxygen atoms in total. The predicted octanol–water partition coefficient (Wildman–Crippen LogP) is 2.29. The summed E-state index contributed by atoms with van der Waals surface area (Å²) in [7, 11) is 0. The van der Waals surface area contributed by atoms with E-state index in [2.05, 4.69) is 15.2 Å². The standard InChI is InChI=1S/C10H8N4O5S.C2H6/c15-7(16)4-20-10-11-9(12-13-10)5-2-1-3-6(8(5)17)14(18)19;1-2/h1-3,17H,4H2,(H,15,16)(H,11,12,13);1-2H3. The number of rotatable bonds is 5. The van der Waals surface area contributed by atoms with Gasteiger partial charge in [0.05, 0.1) is 16.2 Å². The van der Waals surface area contributed by atoms with Crippen molar-refractivity contribution >= 4 is 23.4 Å². The Hall–Kier alpha value is -2.62. The van der Waals surface area contributed by atoms with Crippen molar-refractivity contribution in [3.8, 4) is 17.1 Å². The molecule has 0 bridgehead atoms. The van der Waals surface area contributed by atoms with Gasteiger partial charge in [-0.1, -0.05) is 31.7 Å². The van der Waals surface area contributed by atoms with E-state index in [9.17, 15) is 20.0 Å². The number of nitrogens with one attached hydrogen (secondary N) is 1. The number of para-hydroxylation sites is 1. The molecule has 2 rings (SSSR count). The van der Waals surface area contributed by atoms with Gasteiger partial charge in [-0.15, -0.1) is 5.10 Å². The maximum absolute atomic E-state index is 10.7. The Bertz CT molecular complexity index is 673. The summed E-state index contributed by atoms with van der Waals surface area (Å²) < 4.78 is 0. The van der Waals surface area contributed by atoms with Crippen molar-refractivity contribution in [1.82, 2.24) is 15.2 Å². The van der Waals surface area contributed by atoms with Crippen LogP contribution in [-0.4, -0.2) is 42.0 Å². The van der Waals surface area contributed by atoms with Gasteiger partial charge in [-0.05, 0) is 6.07 Å². The first-order chi connectivity index (χ1) is 10.5. The summed E-state index contributed by atoms with van der Waals surface area (Å²) in [5.74, 6) is -1.62. The molecule has 118 valence electrons. The third-order valence-electron chi connectivity index (χ3n) is 2.26. The first kappa shape index (κ1) is 17.4. The van der Waals surface area contributed by atoms with Gasteiger partial charge >= 0.3 is 11.7 Å². The van der Waals surface area contributed by atoms with Crippen molar-refractivity contribution < 1.29 is 19.9 Å². The van der Waals surface area contributed by atoms with Gasteiger partial charge in [0.1, 0.15) is 0 Å². The van der Waals surface area contributed by atoms with E-state index in [1.54, 1.807) is 0 Å². The number of aromatic amines is 1. The Balaban J connectivity index is 0.00000116. The molecule has 0 unspecified atom stereocenters. The van der Waals surface area contributed by atoms with Crippen LogP contribution in [0.25, 0.3) is 11.4 Å². The van der Waals surface area contributed by atoms with Gasteiger partial charge in [0.25, 0.3) is 0 Å². The maximum atomic E-state index is 10.7. The van der Waals surface area contributed by atoms with E-state index in [-0.39, 0.29) is 22.3 Å². The number of hydrogen-bond donors (Lipinski definition) is 3. The molecular weight excluding hydrogens is 312 g/mol. The van der Waals surface area contributed by atoms with Gasteiger partial charge < -0.3 is 10.2 Å². The molecule has 0 aliphatic rings. The molecule has 0 spiro atoms. The number of aromatic nitrogens is 3. The summed E-state index contributed by atoms with van der Waals surface area (Å²) in [4.78, 5) is 24.4. The molecule has 2 aromatic rings. The number of nitro groups is 1. The maximum Gasteiger partial charge on any atom is 0.313 e. The summed E-state index contributed by atoms with van der Waals surface area (Å²) in [6.07, 6.45) is 0. The van der Waals surface area contributed by atoms with Crippen LogP contribution in [0, 0.1) is 10.1 Å². The zero-order chi connectivity index (χ0) is 16.7. The van der Waals surface area contributed by atoms with Crippen LogP contribution in [0.15, 0.2) is 23.4 Å². The van der Waals surface area contributed by atoms with E-state index in [0.717, 1.165) is 17.8 Å². The molecular formula is C12H14N4O5S. The van der Waals surface area contributed by atoms with Crippen LogP contribution in [-0.2, 0) is 4.79 Å². The van der Waals surface area contributed by atoms with E-state index >= 15 is 0 Å². The number of carbonyl (C=O) groups is 1. The molecule has 0 aliphatic carbocycles. The predicted molar refractivity (Wildman–Crippen MR) is 79.8 cm³/mol. The second kappa shape index (κ2) is 7.98. The molecule has 0 aliphatic heterocycles. The highest BCUT2D eigenvalue weighted by molar-refractivity contribution is 7.99. The third-order valence-corrected chi connectivity index (χ3v) is 3.09. The highest BCUT2D eigenvalue weighted by Gasteiger charge is 2.19. The molecule has 1 aromatic heterocycles. The van der Waals surface area contributed by atoms with E-state index in [4.69, 9.17) is 5.11 Å². The first-order valence-electron chi connectivity index (χ1n) is 6.22. The fourth-order valence-corrected chi connectivity index (χ4v) is 1.95. The largest absolute Gasteiger partial charge is 0.502 e. The Kier molecular flexibility index (Phi) is 6.32. The lowest BCUT2D eigenvalue weighted by molar-refractivity contribution is -0.385. The topological polar surface area (TPSA) is 142 Å². The first-order valence-corrected chi connectivity index (χ1v) is 7.21. The van der Waals surface area contributed by atoms with Gasteiger partial charge in [-0.25, -0.2) is 4.98 Å². The minimum Gasteiger partial charge on any atom is -0.502 e. The monoisotopic (exact) mass is 326 g/mol. The fourth-order valence-electron chi connectivity index (χ4n) is 1.43. The second-order valence-corrected chi connectivity index (χ2v) is 4.52. The van der Waals surface area contributed by atoms with Crippen LogP contribution in [0.2, 0.25) is 0 Å². The lowest BCUT2D eigenvalue weighted by atomic mass is 10.1. The van der Waals surface area contributed by atoms with Crippen molar-refractivity contribution in [2.45, 2.75) is 19.0 Å². The number of benzene rings is 1. The van der Waals surface area contributed by atoms with Crippen LogP contribution in [0.5, 0.6) is 5.75 Å². The molecule has 10 heteroatoms. The molecule has 0 atom stereocenters. The number of carboxylic acids is 1. The number of carboxylic acid groups (broad SMARTS) is 1. The molecule has 0 saturated carbocycles. The van der Waals surface area contributed by atoms with Crippen molar-refractivity contribution in [3.63, 3.8) is 0 Å². The quantitative estimate of drug-likeness (QED) is 0.431. The van der Waals surface area contributed by atoms with E-state index in [0.29, 0.717) is 0 Å². The highest BCUT2D eigenvalue weighted by atomic mass is 32.2. The number of phenols is 1. The van der Waals surface area contributed by atoms with Gasteiger partial charge in [-0.2, -0.15) is 0 Å². The summed E-state index contributed by atoms with van der Waals surface area (Å²) in [6, 6.07) is 4.00. The number of nitro benzene ring substituents is 1. The van der Waals surface area contributed by atoms with E-state index in [1.165, 1.54) is 12.1 Å². The third kappa shape index (κ3) is 4.19. The summed E-state index contributed by atoms with van der Waals surface area (Å²) in [5.41, 5.74) is -0.326. The minimum absolute atomic E-state index is 0.119. The fraction of sp³-hybridized carbons (Fsp3) is 0.250. The van der Waals surface area contributed by atoms with Crippen molar-refractivity contribution in [1.29, 1.82) is 0 Å². The van der Waals surface area contributed by atoms with Crippen LogP contribution < -0.4 is 0 Å². The van der Waals surface area contributed by atoms with Gasteiger partial charge in [0, 0.05) is 6.07 Å². The Morgan fingerprint density at radius 2 is 2.14 bits per heavy atom. The molecule has 1 heterocycles. The summed E-state index contributed by atoms with van der Waals surface area (Å²) in [5, 5.41) is 35.5. The molecule has 22 heavy (non-hydrogen) atoms. The zero-order valence-electron chi connectivity index (χ0n) is 11.8.